The quantitative estimate of drug-likeness (QED) is 0.190. The SMILES string of the molecule is CC(C)(C)N=C(NC(=O)c1ccc(C(F)(F)F)cc1)Nc1cc(-c2ccccc2OCc2ccccc2)[nH]n1. The van der Waals surface area contributed by atoms with Gasteiger partial charge < -0.3 is 10.1 Å². The molecule has 3 N–H and O–H groups in total. The number of nitrogens with one attached hydrogen (secondary N) is 3. The molecule has 0 spiro atoms. The fourth-order valence-corrected chi connectivity index (χ4v) is 3.61. The number of benzene rings is 3. The highest BCUT2D eigenvalue weighted by atomic mass is 19.4. The van der Waals surface area contributed by atoms with Gasteiger partial charge in [0.25, 0.3) is 5.91 Å². The van der Waals surface area contributed by atoms with Crippen LogP contribution in [-0.4, -0.2) is 27.6 Å². The Bertz CT molecular complexity index is 1440. The summed E-state index contributed by atoms with van der Waals surface area (Å²) in [5.41, 5.74) is 1.14. The number of alkyl halides is 3. The minimum absolute atomic E-state index is 0.0543. The van der Waals surface area contributed by atoms with Crippen LogP contribution in [0.2, 0.25) is 0 Å². The average molecular weight is 536 g/mol. The van der Waals surface area contributed by atoms with Gasteiger partial charge in [-0.3, -0.25) is 15.2 Å². The van der Waals surface area contributed by atoms with Crippen LogP contribution in [0.5, 0.6) is 5.75 Å². The molecule has 0 unspecified atom stereocenters. The number of hydrogen-bond acceptors (Lipinski definition) is 4. The van der Waals surface area contributed by atoms with Crippen molar-refractivity contribution in [3.05, 3.63) is 102 Å². The number of carbonyl (C=O) groups is 1. The van der Waals surface area contributed by atoms with E-state index in [4.69, 9.17) is 4.74 Å². The zero-order chi connectivity index (χ0) is 28.0. The number of ether oxygens (including phenoxy) is 1. The Labute approximate surface area is 224 Å². The summed E-state index contributed by atoms with van der Waals surface area (Å²) in [5.74, 6) is 0.517. The second-order valence-corrected chi connectivity index (χ2v) is 9.72. The van der Waals surface area contributed by atoms with E-state index in [1.54, 1.807) is 6.07 Å². The van der Waals surface area contributed by atoms with Crippen molar-refractivity contribution in [2.24, 2.45) is 4.99 Å². The van der Waals surface area contributed by atoms with Crippen LogP contribution in [0.3, 0.4) is 0 Å². The largest absolute Gasteiger partial charge is 0.488 e. The Hall–Kier alpha value is -4.60. The van der Waals surface area contributed by atoms with E-state index >= 15 is 0 Å². The van der Waals surface area contributed by atoms with Crippen LogP contribution < -0.4 is 15.4 Å². The van der Waals surface area contributed by atoms with Crippen LogP contribution in [0.4, 0.5) is 19.0 Å². The maximum Gasteiger partial charge on any atom is 0.416 e. The standard InChI is InChI=1S/C29H28F3N5O2/c1-28(2,3)35-27(34-26(38)20-13-15-21(16-14-20)29(30,31)32)33-25-17-23(36-37-25)22-11-7-8-12-24(22)39-18-19-9-5-4-6-10-19/h4-17H,18H2,1-3H3,(H3,33,34,35,36,37,38). The lowest BCUT2D eigenvalue weighted by atomic mass is 10.1. The predicted octanol–water partition coefficient (Wildman–Crippen LogP) is 6.67. The predicted molar refractivity (Wildman–Crippen MR) is 145 cm³/mol. The lowest BCUT2D eigenvalue weighted by Crippen LogP contribution is -2.38. The number of aromatic nitrogens is 2. The third-order valence-corrected chi connectivity index (χ3v) is 5.39. The maximum atomic E-state index is 12.9. The van der Waals surface area contributed by atoms with Crippen molar-refractivity contribution >= 4 is 17.7 Å². The number of amides is 1. The molecule has 0 aliphatic heterocycles. The van der Waals surface area contributed by atoms with Crippen LogP contribution in [0.25, 0.3) is 11.3 Å². The Morgan fingerprint density at radius 1 is 0.949 bits per heavy atom. The second-order valence-electron chi connectivity index (χ2n) is 9.72. The van der Waals surface area contributed by atoms with Gasteiger partial charge in [-0.05, 0) is 62.7 Å². The molecule has 39 heavy (non-hydrogen) atoms. The number of hydrogen-bond donors (Lipinski definition) is 3. The smallest absolute Gasteiger partial charge is 0.416 e. The lowest BCUT2D eigenvalue weighted by molar-refractivity contribution is -0.137. The van der Waals surface area contributed by atoms with Gasteiger partial charge in [0.2, 0.25) is 5.96 Å². The maximum absolute atomic E-state index is 12.9. The van der Waals surface area contributed by atoms with Gasteiger partial charge in [0.05, 0.1) is 16.8 Å². The monoisotopic (exact) mass is 535 g/mol. The summed E-state index contributed by atoms with van der Waals surface area (Å²) >= 11 is 0. The van der Waals surface area contributed by atoms with Gasteiger partial charge in [-0.15, -0.1) is 0 Å². The van der Waals surface area contributed by atoms with E-state index in [9.17, 15) is 18.0 Å². The third-order valence-electron chi connectivity index (χ3n) is 5.39. The number of anilines is 1. The Kier molecular flexibility index (Phi) is 8.04. The molecule has 7 nitrogen and oxygen atoms in total. The first-order valence-corrected chi connectivity index (χ1v) is 12.1. The Morgan fingerprint density at radius 3 is 2.28 bits per heavy atom. The van der Waals surface area contributed by atoms with E-state index in [-0.39, 0.29) is 11.5 Å². The number of carbonyl (C=O) groups excluding carboxylic acids is 1. The minimum Gasteiger partial charge on any atom is -0.488 e. The second kappa shape index (κ2) is 11.4. The molecule has 1 heterocycles. The van der Waals surface area contributed by atoms with E-state index in [0.29, 0.717) is 23.9 Å². The van der Waals surface area contributed by atoms with Crippen LogP contribution in [-0.2, 0) is 12.8 Å². The van der Waals surface area contributed by atoms with Crippen molar-refractivity contribution in [3.8, 4) is 17.0 Å². The summed E-state index contributed by atoms with van der Waals surface area (Å²) in [5, 5.41) is 12.9. The molecule has 0 aliphatic rings. The Morgan fingerprint density at radius 2 is 1.62 bits per heavy atom. The van der Waals surface area contributed by atoms with Crippen molar-refractivity contribution in [2.75, 3.05) is 5.32 Å². The molecule has 0 bridgehead atoms. The summed E-state index contributed by atoms with van der Waals surface area (Å²) in [6.45, 7) is 5.93. The van der Waals surface area contributed by atoms with Gasteiger partial charge in [-0.1, -0.05) is 42.5 Å². The average Bonchev–Trinajstić information content (AvgIpc) is 3.35. The summed E-state index contributed by atoms with van der Waals surface area (Å²) in [6.07, 6.45) is -4.49. The molecule has 0 fully saturated rings. The first-order valence-electron chi connectivity index (χ1n) is 12.1. The fourth-order valence-electron chi connectivity index (χ4n) is 3.61. The van der Waals surface area contributed by atoms with Gasteiger partial charge in [0, 0.05) is 17.2 Å². The zero-order valence-electron chi connectivity index (χ0n) is 21.6. The highest BCUT2D eigenvalue weighted by Crippen LogP contribution is 2.31. The van der Waals surface area contributed by atoms with Crippen molar-refractivity contribution in [3.63, 3.8) is 0 Å². The van der Waals surface area contributed by atoms with Crippen LogP contribution in [0, 0.1) is 0 Å². The number of aliphatic imine (C=N–C) groups is 1. The molecule has 4 rings (SSSR count). The number of para-hydroxylation sites is 1. The van der Waals surface area contributed by atoms with E-state index in [2.05, 4.69) is 25.8 Å². The molecule has 1 amide bonds. The summed E-state index contributed by atoms with van der Waals surface area (Å²) in [4.78, 5) is 17.3. The highest BCUT2D eigenvalue weighted by Gasteiger charge is 2.30. The molecule has 4 aromatic rings. The zero-order valence-corrected chi connectivity index (χ0v) is 21.6. The van der Waals surface area contributed by atoms with Gasteiger partial charge in [-0.25, -0.2) is 4.99 Å². The summed E-state index contributed by atoms with van der Waals surface area (Å²) in [6, 6.07) is 23.0. The van der Waals surface area contributed by atoms with Gasteiger partial charge in [0.15, 0.2) is 5.82 Å². The molecule has 1 aromatic heterocycles. The van der Waals surface area contributed by atoms with E-state index in [1.807, 2.05) is 75.4 Å². The van der Waals surface area contributed by atoms with Gasteiger partial charge >= 0.3 is 6.18 Å². The normalized spacial score (nSPS) is 12.2. The van der Waals surface area contributed by atoms with Crippen LogP contribution in [0.15, 0.2) is 89.9 Å². The van der Waals surface area contributed by atoms with E-state index < -0.39 is 23.2 Å². The number of rotatable bonds is 6. The molecule has 0 saturated carbocycles. The minimum atomic E-state index is -4.49. The van der Waals surface area contributed by atoms with Crippen LogP contribution in [0.1, 0.15) is 42.3 Å². The van der Waals surface area contributed by atoms with Crippen molar-refractivity contribution in [2.45, 2.75) is 39.1 Å². The molecule has 0 saturated heterocycles. The number of nitrogens with zero attached hydrogens (tertiary/aromatic N) is 2. The van der Waals surface area contributed by atoms with Crippen molar-refractivity contribution in [1.82, 2.24) is 15.5 Å². The third kappa shape index (κ3) is 7.70. The van der Waals surface area contributed by atoms with E-state index in [1.165, 1.54) is 0 Å². The first kappa shape index (κ1) is 27.4. The fraction of sp³-hybridized carbons (Fsp3) is 0.207. The molecule has 0 aliphatic carbocycles. The van der Waals surface area contributed by atoms with Gasteiger partial charge in [0.1, 0.15) is 12.4 Å². The Balaban J connectivity index is 1.51. The molecule has 10 heteroatoms. The van der Waals surface area contributed by atoms with Gasteiger partial charge in [-0.2, -0.15) is 18.3 Å². The summed E-state index contributed by atoms with van der Waals surface area (Å²) in [7, 11) is 0. The van der Waals surface area contributed by atoms with Crippen molar-refractivity contribution in [1.29, 1.82) is 0 Å². The molecule has 202 valence electrons. The number of H-pyrrole nitrogens is 1. The van der Waals surface area contributed by atoms with Crippen LogP contribution >= 0.6 is 0 Å². The lowest BCUT2D eigenvalue weighted by Gasteiger charge is -2.17. The molecule has 0 atom stereocenters. The number of aromatic amines is 1. The van der Waals surface area contributed by atoms with Crippen molar-refractivity contribution < 1.29 is 22.7 Å². The molecular weight excluding hydrogens is 507 g/mol. The topological polar surface area (TPSA) is 91.4 Å². The highest BCUT2D eigenvalue weighted by molar-refractivity contribution is 6.10. The molecule has 3 aromatic carbocycles. The number of guanidine groups is 1. The molecule has 0 radical (unpaired) electrons. The first-order chi connectivity index (χ1) is 18.5. The van der Waals surface area contributed by atoms with E-state index in [0.717, 1.165) is 35.4 Å². The number of halogens is 3. The molecular formula is C29H28F3N5O2. The summed E-state index contributed by atoms with van der Waals surface area (Å²) < 4.78 is 44.7.